The van der Waals surface area contributed by atoms with Crippen LogP contribution in [-0.4, -0.2) is 42.9 Å². The standard InChI is InChI=1S/C30H33Cl2N5O4S/c1-20-11-12-21-8-6-10-25(28(21)36-20)41-19-23-24(31)13-14-26(27(23)32)42(39,40)37-30(2,3)29(38)35-17-7-15-33-18-22-9-4-5-16-34-22/h4-6,8-14,16,33,37H,7,15,17-19H2,1-3H3,(H,35,38). The van der Waals surface area contributed by atoms with E-state index in [0.717, 1.165) is 16.8 Å². The first kappa shape index (κ1) is 31.7. The van der Waals surface area contributed by atoms with Gasteiger partial charge in [0.25, 0.3) is 0 Å². The molecule has 0 aliphatic carbocycles. The number of rotatable bonds is 13. The second-order valence-corrected chi connectivity index (χ2v) is 12.7. The van der Waals surface area contributed by atoms with Crippen molar-refractivity contribution in [2.45, 2.75) is 50.8 Å². The number of halogens is 2. The predicted molar refractivity (Wildman–Crippen MR) is 165 cm³/mol. The van der Waals surface area contributed by atoms with E-state index in [1.165, 1.54) is 26.0 Å². The Morgan fingerprint density at radius 1 is 1.00 bits per heavy atom. The third-order valence-corrected chi connectivity index (χ3v) is 9.04. The van der Waals surface area contributed by atoms with Crippen LogP contribution in [-0.2, 0) is 28.0 Å². The number of ether oxygens (including phenoxy) is 1. The number of pyridine rings is 2. The first-order valence-electron chi connectivity index (χ1n) is 13.4. The number of carbonyl (C=O) groups excluding carboxylic acids is 1. The Labute approximate surface area is 256 Å². The van der Waals surface area contributed by atoms with Crippen LogP contribution in [0, 0.1) is 6.92 Å². The molecule has 2 aromatic carbocycles. The highest BCUT2D eigenvalue weighted by Crippen LogP contribution is 2.33. The molecular weight excluding hydrogens is 597 g/mol. The molecule has 0 fully saturated rings. The topological polar surface area (TPSA) is 122 Å². The highest BCUT2D eigenvalue weighted by atomic mass is 35.5. The van der Waals surface area contributed by atoms with Gasteiger partial charge in [-0.25, -0.2) is 13.4 Å². The molecule has 0 atom stereocenters. The van der Waals surface area contributed by atoms with E-state index in [-0.39, 0.29) is 21.5 Å². The molecule has 0 aliphatic heterocycles. The third-order valence-electron chi connectivity index (χ3n) is 6.44. The zero-order valence-corrected chi connectivity index (χ0v) is 25.9. The first-order chi connectivity index (χ1) is 20.0. The Morgan fingerprint density at radius 2 is 1.81 bits per heavy atom. The number of aromatic nitrogens is 2. The van der Waals surface area contributed by atoms with Crippen molar-refractivity contribution in [3.8, 4) is 5.75 Å². The van der Waals surface area contributed by atoms with Crippen LogP contribution >= 0.6 is 23.2 Å². The van der Waals surface area contributed by atoms with Crippen LogP contribution in [0.5, 0.6) is 5.75 Å². The van der Waals surface area contributed by atoms with E-state index >= 15 is 0 Å². The molecule has 0 unspecified atom stereocenters. The summed E-state index contributed by atoms with van der Waals surface area (Å²) >= 11 is 13.0. The van der Waals surface area contributed by atoms with Gasteiger partial charge in [-0.3, -0.25) is 9.78 Å². The van der Waals surface area contributed by atoms with Crippen molar-refractivity contribution in [3.05, 3.63) is 93.9 Å². The van der Waals surface area contributed by atoms with Crippen LogP contribution in [0.15, 0.2) is 71.8 Å². The minimum Gasteiger partial charge on any atom is -0.487 e. The normalized spacial score (nSPS) is 11.9. The maximum atomic E-state index is 13.4. The van der Waals surface area contributed by atoms with Crippen LogP contribution in [0.25, 0.3) is 10.9 Å². The number of nitrogens with one attached hydrogen (secondary N) is 3. The van der Waals surface area contributed by atoms with Crippen molar-refractivity contribution in [3.63, 3.8) is 0 Å². The van der Waals surface area contributed by atoms with Gasteiger partial charge >= 0.3 is 0 Å². The molecule has 12 heteroatoms. The molecular formula is C30H33Cl2N5O4S. The second-order valence-electron chi connectivity index (χ2n) is 10.2. The number of para-hydroxylation sites is 1. The Bertz CT molecular complexity index is 1670. The van der Waals surface area contributed by atoms with Gasteiger partial charge in [0, 0.05) is 41.0 Å². The number of benzene rings is 2. The summed E-state index contributed by atoms with van der Waals surface area (Å²) in [5, 5.41) is 7.10. The van der Waals surface area contributed by atoms with Gasteiger partial charge in [0.1, 0.15) is 28.3 Å². The number of nitrogens with zero attached hydrogens (tertiary/aromatic N) is 2. The summed E-state index contributed by atoms with van der Waals surface area (Å²) in [5.41, 5.74) is 1.27. The molecule has 42 heavy (non-hydrogen) atoms. The van der Waals surface area contributed by atoms with E-state index < -0.39 is 21.5 Å². The minimum absolute atomic E-state index is 0.0884. The lowest BCUT2D eigenvalue weighted by atomic mass is 10.1. The number of hydrogen-bond donors (Lipinski definition) is 3. The van der Waals surface area contributed by atoms with E-state index in [9.17, 15) is 13.2 Å². The highest BCUT2D eigenvalue weighted by Gasteiger charge is 2.34. The minimum atomic E-state index is -4.21. The quantitative estimate of drug-likeness (QED) is 0.174. The molecule has 0 saturated heterocycles. The SMILES string of the molecule is Cc1ccc2cccc(OCc3c(Cl)ccc(S(=O)(=O)NC(C)(C)C(=O)NCCCNCc4ccccn4)c3Cl)c2n1. The van der Waals surface area contributed by atoms with Crippen molar-refractivity contribution in [2.24, 2.45) is 0 Å². The molecule has 9 nitrogen and oxygen atoms in total. The van der Waals surface area contributed by atoms with Crippen LogP contribution in [0.1, 0.15) is 37.2 Å². The molecule has 3 N–H and O–H groups in total. The van der Waals surface area contributed by atoms with Crippen molar-refractivity contribution < 1.29 is 17.9 Å². The fourth-order valence-corrected chi connectivity index (χ4v) is 6.46. The maximum absolute atomic E-state index is 13.4. The van der Waals surface area contributed by atoms with Crippen LogP contribution in [0.2, 0.25) is 10.0 Å². The number of carbonyl (C=O) groups is 1. The third kappa shape index (κ3) is 7.96. The van der Waals surface area contributed by atoms with Gasteiger partial charge in [0.05, 0.1) is 10.7 Å². The summed E-state index contributed by atoms with van der Waals surface area (Å²) in [7, 11) is -4.21. The Kier molecular flexibility index (Phi) is 10.4. The van der Waals surface area contributed by atoms with Gasteiger partial charge in [0.2, 0.25) is 15.9 Å². The molecule has 0 radical (unpaired) electrons. The van der Waals surface area contributed by atoms with Crippen molar-refractivity contribution in [1.29, 1.82) is 0 Å². The lowest BCUT2D eigenvalue weighted by Gasteiger charge is -2.25. The summed E-state index contributed by atoms with van der Waals surface area (Å²) < 4.78 is 35.3. The molecule has 4 aromatic rings. The fourth-order valence-electron chi connectivity index (χ4n) is 4.19. The highest BCUT2D eigenvalue weighted by molar-refractivity contribution is 7.89. The van der Waals surface area contributed by atoms with E-state index in [4.69, 9.17) is 27.9 Å². The van der Waals surface area contributed by atoms with E-state index in [1.54, 1.807) is 12.3 Å². The number of sulfonamides is 1. The number of amides is 1. The first-order valence-corrected chi connectivity index (χ1v) is 15.6. The Balaban J connectivity index is 1.38. The van der Waals surface area contributed by atoms with Gasteiger partial charge in [-0.15, -0.1) is 0 Å². The van der Waals surface area contributed by atoms with Gasteiger partial charge in [-0.2, -0.15) is 4.72 Å². The Morgan fingerprint density at radius 3 is 2.57 bits per heavy atom. The van der Waals surface area contributed by atoms with E-state index in [1.807, 2.05) is 49.4 Å². The zero-order valence-electron chi connectivity index (χ0n) is 23.6. The maximum Gasteiger partial charge on any atom is 0.243 e. The van der Waals surface area contributed by atoms with Crippen LogP contribution < -0.4 is 20.1 Å². The van der Waals surface area contributed by atoms with Crippen molar-refractivity contribution in [1.82, 2.24) is 25.3 Å². The molecule has 0 aliphatic rings. The van der Waals surface area contributed by atoms with Crippen molar-refractivity contribution in [2.75, 3.05) is 13.1 Å². The second kappa shape index (κ2) is 13.8. The molecule has 0 bridgehead atoms. The van der Waals surface area contributed by atoms with E-state index in [2.05, 4.69) is 25.3 Å². The monoisotopic (exact) mass is 629 g/mol. The lowest BCUT2D eigenvalue weighted by Crippen LogP contribution is -2.54. The zero-order chi connectivity index (χ0) is 30.3. The average molecular weight is 631 g/mol. The molecule has 1 amide bonds. The molecule has 2 heterocycles. The van der Waals surface area contributed by atoms with Gasteiger partial charge < -0.3 is 15.4 Å². The summed E-state index contributed by atoms with van der Waals surface area (Å²) in [6.07, 6.45) is 2.39. The van der Waals surface area contributed by atoms with Gasteiger partial charge in [-0.1, -0.05) is 47.5 Å². The van der Waals surface area contributed by atoms with Crippen molar-refractivity contribution >= 4 is 50.0 Å². The largest absolute Gasteiger partial charge is 0.487 e. The van der Waals surface area contributed by atoms with E-state index in [0.29, 0.717) is 42.9 Å². The summed E-state index contributed by atoms with van der Waals surface area (Å²) in [6, 6.07) is 17.8. The van der Waals surface area contributed by atoms with Gasteiger partial charge in [0.15, 0.2) is 0 Å². The summed E-state index contributed by atoms with van der Waals surface area (Å²) in [6.45, 7) is 6.41. The summed E-state index contributed by atoms with van der Waals surface area (Å²) in [5.74, 6) is 0.0441. The molecule has 0 spiro atoms. The molecule has 2 aromatic heterocycles. The Hall–Kier alpha value is -3.28. The molecule has 222 valence electrons. The predicted octanol–water partition coefficient (Wildman–Crippen LogP) is 5.18. The molecule has 0 saturated carbocycles. The average Bonchev–Trinajstić information content (AvgIpc) is 2.94. The van der Waals surface area contributed by atoms with Gasteiger partial charge in [-0.05, 0) is 70.1 Å². The fraction of sp³-hybridized carbons (Fsp3) is 0.300. The van der Waals surface area contributed by atoms with Crippen LogP contribution in [0.4, 0.5) is 0 Å². The lowest BCUT2D eigenvalue weighted by molar-refractivity contribution is -0.125. The van der Waals surface area contributed by atoms with Crippen LogP contribution in [0.3, 0.4) is 0 Å². The number of fused-ring (bicyclic) bond motifs is 1. The molecule has 4 rings (SSSR count). The smallest absolute Gasteiger partial charge is 0.243 e. The summed E-state index contributed by atoms with van der Waals surface area (Å²) in [4.78, 5) is 21.5. The number of hydrogen-bond acceptors (Lipinski definition) is 7. The number of aryl methyl sites for hydroxylation is 1.